The maximum Gasteiger partial charge on any atom is 0.267 e. The van der Waals surface area contributed by atoms with Crippen LogP contribution in [0.3, 0.4) is 0 Å². The molecule has 92 valence electrons. The maximum absolute atomic E-state index is 11.9. The second kappa shape index (κ2) is 5.58. The molecule has 6 nitrogen and oxygen atoms in total. The van der Waals surface area contributed by atoms with E-state index in [4.69, 9.17) is 0 Å². The van der Waals surface area contributed by atoms with Gasteiger partial charge in [-0.1, -0.05) is 0 Å². The lowest BCUT2D eigenvalue weighted by Gasteiger charge is -2.27. The maximum atomic E-state index is 11.9. The monoisotopic (exact) mass is 348 g/mol. The number of carbonyl (C=O) groups excluding carboxylic acids is 1. The van der Waals surface area contributed by atoms with Gasteiger partial charge in [0.05, 0.1) is 9.90 Å². The number of rotatable bonds is 2. The third-order valence-electron chi connectivity index (χ3n) is 2.63. The first-order chi connectivity index (χ1) is 8.18. The zero-order valence-electron chi connectivity index (χ0n) is 9.23. The van der Waals surface area contributed by atoms with E-state index >= 15 is 0 Å². The van der Waals surface area contributed by atoms with Crippen molar-refractivity contribution in [2.75, 3.05) is 26.2 Å². The molecule has 17 heavy (non-hydrogen) atoms. The van der Waals surface area contributed by atoms with E-state index < -0.39 is 0 Å². The third-order valence-corrected chi connectivity index (χ3v) is 3.37. The Morgan fingerprint density at radius 3 is 2.88 bits per heavy atom. The largest absolute Gasteiger partial charge is 0.339 e. The molecule has 0 aromatic carbocycles. The van der Waals surface area contributed by atoms with Crippen LogP contribution in [0.25, 0.3) is 0 Å². The van der Waals surface area contributed by atoms with Gasteiger partial charge in [0.2, 0.25) is 5.91 Å². The lowest BCUT2D eigenvalue weighted by molar-refractivity contribution is -0.132. The molecule has 0 radical (unpaired) electrons. The van der Waals surface area contributed by atoms with Crippen LogP contribution in [0, 0.1) is 3.57 Å². The summed E-state index contributed by atoms with van der Waals surface area (Å²) in [7, 11) is 0. The summed E-state index contributed by atoms with van der Waals surface area (Å²) in [6.07, 6.45) is 2.90. The number of hydrogen-bond acceptors (Lipinski definition) is 4. The smallest absolute Gasteiger partial charge is 0.267 e. The van der Waals surface area contributed by atoms with Gasteiger partial charge in [0, 0.05) is 32.4 Å². The van der Waals surface area contributed by atoms with Crippen LogP contribution >= 0.6 is 22.6 Å². The summed E-state index contributed by atoms with van der Waals surface area (Å²) in [5.41, 5.74) is -0.163. The molecule has 7 heteroatoms. The lowest BCUT2D eigenvalue weighted by atomic mass is 10.3. The zero-order chi connectivity index (χ0) is 12.3. The molecule has 0 aliphatic carbocycles. The van der Waals surface area contributed by atoms with Crippen molar-refractivity contribution in [3.63, 3.8) is 0 Å². The lowest BCUT2D eigenvalue weighted by Crippen LogP contribution is -2.48. The van der Waals surface area contributed by atoms with Crippen molar-refractivity contribution in [1.82, 2.24) is 19.8 Å². The normalized spacial score (nSPS) is 15.9. The van der Waals surface area contributed by atoms with Crippen LogP contribution < -0.4 is 10.9 Å². The van der Waals surface area contributed by atoms with Crippen LogP contribution in [0.2, 0.25) is 0 Å². The predicted molar refractivity (Wildman–Crippen MR) is 70.7 cm³/mol. The molecule has 1 saturated heterocycles. The van der Waals surface area contributed by atoms with Crippen molar-refractivity contribution >= 4 is 28.5 Å². The topological polar surface area (TPSA) is 67.2 Å². The summed E-state index contributed by atoms with van der Waals surface area (Å²) in [5.74, 6) is -0.0302. The summed E-state index contributed by atoms with van der Waals surface area (Å²) in [4.78, 5) is 29.3. The minimum Gasteiger partial charge on any atom is -0.339 e. The molecule has 2 rings (SSSR count). The molecular formula is C10H13IN4O2. The number of amides is 1. The first-order valence-electron chi connectivity index (χ1n) is 5.37. The first kappa shape index (κ1) is 12.5. The SMILES string of the molecule is O=C(Cn1cncc(I)c1=O)N1CCNCC1. The Labute approximate surface area is 112 Å². The molecule has 1 aliphatic heterocycles. The van der Waals surface area contributed by atoms with Crippen molar-refractivity contribution in [3.8, 4) is 0 Å². The van der Waals surface area contributed by atoms with E-state index in [0.717, 1.165) is 13.1 Å². The van der Waals surface area contributed by atoms with Gasteiger partial charge in [0.1, 0.15) is 6.54 Å². The number of halogens is 1. The Morgan fingerprint density at radius 1 is 1.47 bits per heavy atom. The molecule has 1 aromatic heterocycles. The van der Waals surface area contributed by atoms with Crippen LogP contribution in [0.1, 0.15) is 0 Å². The Kier molecular flexibility index (Phi) is 4.11. The highest BCUT2D eigenvalue weighted by molar-refractivity contribution is 14.1. The minimum absolute atomic E-state index is 0.0302. The summed E-state index contributed by atoms with van der Waals surface area (Å²) in [6, 6.07) is 0. The van der Waals surface area contributed by atoms with Gasteiger partial charge in [-0.15, -0.1) is 0 Å². The van der Waals surface area contributed by atoms with Crippen LogP contribution in [0.5, 0.6) is 0 Å². The molecule has 0 saturated carbocycles. The average molecular weight is 348 g/mol. The number of nitrogens with zero attached hydrogens (tertiary/aromatic N) is 3. The third kappa shape index (κ3) is 3.03. The predicted octanol–water partition coefficient (Wildman–Crippen LogP) is -0.720. The number of nitrogens with one attached hydrogen (secondary N) is 1. The molecule has 0 bridgehead atoms. The fourth-order valence-corrected chi connectivity index (χ4v) is 2.17. The van der Waals surface area contributed by atoms with Crippen molar-refractivity contribution in [1.29, 1.82) is 0 Å². The van der Waals surface area contributed by atoms with Crippen LogP contribution in [-0.2, 0) is 11.3 Å². The number of hydrogen-bond donors (Lipinski definition) is 1. The molecule has 0 unspecified atom stereocenters. The van der Waals surface area contributed by atoms with Crippen molar-refractivity contribution in [3.05, 3.63) is 26.4 Å². The van der Waals surface area contributed by atoms with Crippen molar-refractivity contribution in [2.45, 2.75) is 6.54 Å². The Hall–Kier alpha value is -0.960. The Morgan fingerprint density at radius 2 is 2.18 bits per heavy atom. The van der Waals surface area contributed by atoms with E-state index in [2.05, 4.69) is 10.3 Å². The number of aromatic nitrogens is 2. The molecule has 1 amide bonds. The first-order valence-corrected chi connectivity index (χ1v) is 6.45. The van der Waals surface area contributed by atoms with Crippen LogP contribution in [0.15, 0.2) is 17.3 Å². The second-order valence-corrected chi connectivity index (χ2v) is 4.97. The Balaban J connectivity index is 2.07. The molecule has 2 heterocycles. The van der Waals surface area contributed by atoms with Gasteiger partial charge in [-0.3, -0.25) is 14.2 Å². The van der Waals surface area contributed by atoms with Crippen LogP contribution in [-0.4, -0.2) is 46.5 Å². The van der Waals surface area contributed by atoms with E-state index in [1.54, 1.807) is 4.90 Å². The molecule has 0 atom stereocenters. The van der Waals surface area contributed by atoms with Crippen molar-refractivity contribution < 1.29 is 4.79 Å². The molecule has 1 N–H and O–H groups in total. The highest BCUT2D eigenvalue weighted by Crippen LogP contribution is 1.97. The van der Waals surface area contributed by atoms with Gasteiger partial charge in [-0.05, 0) is 22.6 Å². The average Bonchev–Trinajstić information content (AvgIpc) is 2.36. The standard InChI is InChI=1S/C10H13IN4O2/c11-8-5-13-7-15(10(8)17)6-9(16)14-3-1-12-2-4-14/h5,7,12H,1-4,6H2. The summed E-state index contributed by atoms with van der Waals surface area (Å²) in [6.45, 7) is 3.09. The quantitative estimate of drug-likeness (QED) is 0.717. The molecule has 1 fully saturated rings. The van der Waals surface area contributed by atoms with E-state index in [0.29, 0.717) is 16.7 Å². The Bertz CT molecular complexity index is 468. The molecule has 0 spiro atoms. The fourth-order valence-electron chi connectivity index (χ4n) is 1.70. The minimum atomic E-state index is -0.163. The highest BCUT2D eigenvalue weighted by atomic mass is 127. The van der Waals surface area contributed by atoms with E-state index in [9.17, 15) is 9.59 Å². The zero-order valence-corrected chi connectivity index (χ0v) is 11.4. The van der Waals surface area contributed by atoms with Crippen molar-refractivity contribution in [2.24, 2.45) is 0 Å². The van der Waals surface area contributed by atoms with Gasteiger partial charge in [-0.2, -0.15) is 0 Å². The van der Waals surface area contributed by atoms with E-state index in [1.807, 2.05) is 22.6 Å². The summed E-state index contributed by atoms with van der Waals surface area (Å²) in [5, 5.41) is 3.18. The molecule has 1 aliphatic rings. The van der Waals surface area contributed by atoms with Gasteiger partial charge in [0.25, 0.3) is 5.56 Å². The van der Waals surface area contributed by atoms with Gasteiger partial charge < -0.3 is 10.2 Å². The highest BCUT2D eigenvalue weighted by Gasteiger charge is 2.17. The number of carbonyl (C=O) groups is 1. The second-order valence-electron chi connectivity index (χ2n) is 3.81. The fraction of sp³-hybridized carbons (Fsp3) is 0.500. The van der Waals surface area contributed by atoms with Gasteiger partial charge in [0.15, 0.2) is 0 Å². The van der Waals surface area contributed by atoms with Crippen LogP contribution in [0.4, 0.5) is 0 Å². The molecule has 1 aromatic rings. The van der Waals surface area contributed by atoms with E-state index in [1.165, 1.54) is 17.1 Å². The summed E-state index contributed by atoms with van der Waals surface area (Å²) < 4.78 is 1.88. The molecular weight excluding hydrogens is 335 g/mol. The number of piperazine rings is 1. The summed E-state index contributed by atoms with van der Waals surface area (Å²) >= 11 is 1.92. The van der Waals surface area contributed by atoms with Gasteiger partial charge >= 0.3 is 0 Å². The van der Waals surface area contributed by atoms with Gasteiger partial charge in [-0.25, -0.2) is 4.98 Å². The van der Waals surface area contributed by atoms with E-state index in [-0.39, 0.29) is 18.0 Å².